The van der Waals surface area contributed by atoms with E-state index in [2.05, 4.69) is 31.3 Å². The van der Waals surface area contributed by atoms with Crippen molar-refractivity contribution in [2.45, 2.75) is 32.3 Å². The number of benzene rings is 2. The first kappa shape index (κ1) is 22.1. The highest BCUT2D eigenvalue weighted by Gasteiger charge is 2.28. The molecule has 9 nitrogen and oxygen atoms in total. The maximum atomic E-state index is 12.6. The lowest BCUT2D eigenvalue weighted by molar-refractivity contribution is -0.384. The summed E-state index contributed by atoms with van der Waals surface area (Å²) in [5.74, 6) is 0.716. The third-order valence-electron chi connectivity index (χ3n) is 5.25. The number of carbonyl (C=O) groups is 1. The van der Waals surface area contributed by atoms with E-state index in [1.165, 1.54) is 18.3 Å². The number of nitro groups is 1. The van der Waals surface area contributed by atoms with Gasteiger partial charge < -0.3 is 14.0 Å². The molecule has 1 atom stereocenters. The van der Waals surface area contributed by atoms with E-state index in [0.29, 0.717) is 17.2 Å². The standard InChI is InChI=1S/C24H24N4O5/c1-24(2,3)16-6-11-20-21(13-16)33-22(15-32-20)23(29)26-25-14-19-5-4-12-27(19)17-7-9-18(10-8-17)28(30)31/h4-14,22H,15H2,1-3H3,(H,26,29)/b25-14+/t22-/m0/s1. The van der Waals surface area contributed by atoms with Crippen molar-refractivity contribution >= 4 is 17.8 Å². The summed E-state index contributed by atoms with van der Waals surface area (Å²) in [5, 5.41) is 14.9. The maximum absolute atomic E-state index is 12.6. The van der Waals surface area contributed by atoms with Crippen LogP contribution in [0.2, 0.25) is 0 Å². The van der Waals surface area contributed by atoms with E-state index in [1.54, 1.807) is 22.9 Å². The number of hydrogen-bond donors (Lipinski definition) is 1. The van der Waals surface area contributed by atoms with Gasteiger partial charge in [-0.15, -0.1) is 0 Å². The average molecular weight is 448 g/mol. The lowest BCUT2D eigenvalue weighted by Crippen LogP contribution is -2.42. The smallest absolute Gasteiger partial charge is 0.284 e. The lowest BCUT2D eigenvalue weighted by atomic mass is 9.87. The van der Waals surface area contributed by atoms with E-state index < -0.39 is 16.9 Å². The molecule has 0 radical (unpaired) electrons. The van der Waals surface area contributed by atoms with Gasteiger partial charge >= 0.3 is 0 Å². The molecule has 33 heavy (non-hydrogen) atoms. The number of nitrogens with one attached hydrogen (secondary N) is 1. The number of non-ortho nitro benzene ring substituents is 1. The van der Waals surface area contributed by atoms with Crippen LogP contribution in [-0.4, -0.2) is 34.3 Å². The number of nitro benzene ring substituents is 1. The molecule has 1 N–H and O–H groups in total. The second kappa shape index (κ2) is 8.78. The van der Waals surface area contributed by atoms with Gasteiger partial charge in [-0.3, -0.25) is 14.9 Å². The Bertz CT molecular complexity index is 1210. The van der Waals surface area contributed by atoms with Crippen LogP contribution in [0.25, 0.3) is 5.69 Å². The molecule has 1 amide bonds. The topological polar surface area (TPSA) is 108 Å². The average Bonchev–Trinajstić information content (AvgIpc) is 3.26. The van der Waals surface area contributed by atoms with Crippen LogP contribution in [0, 0.1) is 10.1 Å². The SMILES string of the molecule is CC(C)(C)c1ccc2c(c1)O[C@H](C(=O)N/N=C/c1cccn1-c1ccc([N+](=O)[O-])cc1)CO2. The van der Waals surface area contributed by atoms with Gasteiger partial charge in [0.05, 0.1) is 16.8 Å². The number of fused-ring (bicyclic) bond motifs is 1. The molecular weight excluding hydrogens is 424 g/mol. The Labute approximate surface area is 190 Å². The number of nitrogens with zero attached hydrogens (tertiary/aromatic N) is 3. The van der Waals surface area contributed by atoms with Crippen LogP contribution >= 0.6 is 0 Å². The van der Waals surface area contributed by atoms with Crippen molar-refractivity contribution in [1.82, 2.24) is 9.99 Å². The Hall–Kier alpha value is -4.14. The highest BCUT2D eigenvalue weighted by Crippen LogP contribution is 2.36. The van der Waals surface area contributed by atoms with Gasteiger partial charge in [0, 0.05) is 24.0 Å². The minimum Gasteiger partial charge on any atom is -0.485 e. The van der Waals surface area contributed by atoms with Gasteiger partial charge in [0.25, 0.3) is 11.6 Å². The van der Waals surface area contributed by atoms with Gasteiger partial charge in [-0.05, 0) is 47.4 Å². The van der Waals surface area contributed by atoms with Crippen LogP contribution in [0.1, 0.15) is 32.0 Å². The zero-order valence-corrected chi connectivity index (χ0v) is 18.5. The largest absolute Gasteiger partial charge is 0.485 e. The first-order valence-corrected chi connectivity index (χ1v) is 10.4. The van der Waals surface area contributed by atoms with Crippen LogP contribution < -0.4 is 14.9 Å². The predicted octanol–water partition coefficient (Wildman–Crippen LogP) is 3.97. The van der Waals surface area contributed by atoms with Crippen LogP contribution in [0.3, 0.4) is 0 Å². The summed E-state index contributed by atoms with van der Waals surface area (Å²) >= 11 is 0. The van der Waals surface area contributed by atoms with Crippen molar-refractivity contribution in [3.05, 3.63) is 82.2 Å². The summed E-state index contributed by atoms with van der Waals surface area (Å²) in [6.45, 7) is 6.39. The van der Waals surface area contributed by atoms with E-state index in [1.807, 2.05) is 30.3 Å². The number of rotatable bonds is 5. The van der Waals surface area contributed by atoms with Crippen LogP contribution in [0.4, 0.5) is 5.69 Å². The third kappa shape index (κ3) is 4.87. The number of hydrazone groups is 1. The third-order valence-corrected chi connectivity index (χ3v) is 5.25. The van der Waals surface area contributed by atoms with Crippen LogP contribution in [-0.2, 0) is 10.2 Å². The number of hydrogen-bond acceptors (Lipinski definition) is 6. The number of carbonyl (C=O) groups excluding carboxylic acids is 1. The molecule has 2 heterocycles. The Morgan fingerprint density at radius 1 is 1.18 bits per heavy atom. The van der Waals surface area contributed by atoms with Crippen molar-refractivity contribution in [2.24, 2.45) is 5.10 Å². The van der Waals surface area contributed by atoms with Crippen molar-refractivity contribution in [3.8, 4) is 17.2 Å². The molecule has 3 aromatic rings. The Morgan fingerprint density at radius 2 is 1.94 bits per heavy atom. The van der Waals surface area contributed by atoms with Gasteiger partial charge in [-0.2, -0.15) is 5.10 Å². The second-order valence-electron chi connectivity index (χ2n) is 8.64. The van der Waals surface area contributed by atoms with Gasteiger partial charge in [-0.1, -0.05) is 26.8 Å². The van der Waals surface area contributed by atoms with Crippen LogP contribution in [0.15, 0.2) is 65.9 Å². The molecule has 1 aliphatic rings. The fourth-order valence-electron chi connectivity index (χ4n) is 3.37. The molecule has 1 aromatic heterocycles. The number of ether oxygens (including phenoxy) is 2. The first-order chi connectivity index (χ1) is 15.7. The predicted molar refractivity (Wildman–Crippen MR) is 123 cm³/mol. The Balaban J connectivity index is 1.42. The number of amides is 1. The van der Waals surface area contributed by atoms with Crippen molar-refractivity contribution in [2.75, 3.05) is 6.61 Å². The molecule has 0 saturated heterocycles. The van der Waals surface area contributed by atoms with Gasteiger partial charge in [0.2, 0.25) is 6.10 Å². The molecule has 0 bridgehead atoms. The Morgan fingerprint density at radius 3 is 2.64 bits per heavy atom. The molecule has 170 valence electrons. The second-order valence-corrected chi connectivity index (χ2v) is 8.64. The minimum absolute atomic E-state index is 0.0132. The molecule has 4 rings (SSSR count). The van der Waals surface area contributed by atoms with Gasteiger partial charge in [0.1, 0.15) is 6.61 Å². The molecular formula is C24H24N4O5. The van der Waals surface area contributed by atoms with E-state index in [4.69, 9.17) is 9.47 Å². The summed E-state index contributed by atoms with van der Waals surface area (Å²) in [5.41, 5.74) is 4.94. The molecule has 0 saturated carbocycles. The summed E-state index contributed by atoms with van der Waals surface area (Å²) < 4.78 is 13.4. The van der Waals surface area contributed by atoms with E-state index in [0.717, 1.165) is 11.3 Å². The fourth-order valence-corrected chi connectivity index (χ4v) is 3.37. The van der Waals surface area contributed by atoms with Gasteiger partial charge in [0.15, 0.2) is 11.5 Å². The van der Waals surface area contributed by atoms with Crippen molar-refractivity contribution in [3.63, 3.8) is 0 Å². The lowest BCUT2D eigenvalue weighted by Gasteiger charge is -2.27. The first-order valence-electron chi connectivity index (χ1n) is 10.4. The van der Waals surface area contributed by atoms with E-state index in [9.17, 15) is 14.9 Å². The normalized spacial score (nSPS) is 15.4. The van der Waals surface area contributed by atoms with Crippen molar-refractivity contribution < 1.29 is 19.2 Å². The van der Waals surface area contributed by atoms with Crippen LogP contribution in [0.5, 0.6) is 11.5 Å². The minimum atomic E-state index is -0.827. The molecule has 1 aliphatic heterocycles. The molecule has 0 spiro atoms. The zero-order chi connectivity index (χ0) is 23.6. The highest BCUT2D eigenvalue weighted by molar-refractivity contribution is 5.84. The number of aromatic nitrogens is 1. The van der Waals surface area contributed by atoms with Crippen molar-refractivity contribution in [1.29, 1.82) is 0 Å². The highest BCUT2D eigenvalue weighted by atomic mass is 16.6. The van der Waals surface area contributed by atoms with E-state index >= 15 is 0 Å². The summed E-state index contributed by atoms with van der Waals surface area (Å²) in [4.78, 5) is 23.0. The maximum Gasteiger partial charge on any atom is 0.284 e. The Kier molecular flexibility index (Phi) is 5.87. The quantitative estimate of drug-likeness (QED) is 0.361. The molecule has 0 aliphatic carbocycles. The monoisotopic (exact) mass is 448 g/mol. The molecule has 9 heteroatoms. The molecule has 0 fully saturated rings. The molecule has 2 aromatic carbocycles. The summed E-state index contributed by atoms with van der Waals surface area (Å²) in [6.07, 6.45) is 2.47. The summed E-state index contributed by atoms with van der Waals surface area (Å²) in [7, 11) is 0. The summed E-state index contributed by atoms with van der Waals surface area (Å²) in [6, 6.07) is 15.5. The fraction of sp³-hybridized carbons (Fsp3) is 0.250. The van der Waals surface area contributed by atoms with Gasteiger partial charge in [-0.25, -0.2) is 5.43 Å². The zero-order valence-electron chi connectivity index (χ0n) is 18.5. The molecule has 0 unspecified atom stereocenters. The van der Waals surface area contributed by atoms with E-state index in [-0.39, 0.29) is 17.7 Å².